The van der Waals surface area contributed by atoms with Gasteiger partial charge in [0.25, 0.3) is 5.91 Å². The van der Waals surface area contributed by atoms with Crippen molar-refractivity contribution >= 4 is 41.5 Å². The zero-order chi connectivity index (χ0) is 18.0. The van der Waals surface area contributed by atoms with E-state index < -0.39 is 0 Å². The summed E-state index contributed by atoms with van der Waals surface area (Å²) in [6, 6.07) is 5.44. The first-order valence-corrected chi connectivity index (χ1v) is 9.18. The highest BCUT2D eigenvalue weighted by Gasteiger charge is 2.31. The topological polar surface area (TPSA) is 63.1 Å². The number of aryl methyl sites for hydroxylation is 1. The summed E-state index contributed by atoms with van der Waals surface area (Å²) < 4.78 is 1.58. The Morgan fingerprint density at radius 2 is 2.04 bits per heavy atom. The number of amides is 1. The van der Waals surface area contributed by atoms with E-state index in [0.29, 0.717) is 28.0 Å². The molecular formula is C17H22Cl3N5O. The lowest BCUT2D eigenvalue weighted by Gasteiger charge is -2.23. The third-order valence-electron chi connectivity index (χ3n) is 4.41. The second-order valence-electron chi connectivity index (χ2n) is 6.04. The van der Waals surface area contributed by atoms with Gasteiger partial charge in [-0.3, -0.25) is 4.79 Å². The smallest absolute Gasteiger partial charge is 0.293 e. The maximum atomic E-state index is 12.9. The molecule has 1 aromatic heterocycles. The molecular weight excluding hydrogens is 397 g/mol. The summed E-state index contributed by atoms with van der Waals surface area (Å²) >= 11 is 12.6. The number of carbonyl (C=O) groups excluding carboxylic acids is 1. The molecule has 26 heavy (non-hydrogen) atoms. The van der Waals surface area contributed by atoms with E-state index in [9.17, 15) is 4.79 Å². The van der Waals surface area contributed by atoms with Gasteiger partial charge < -0.3 is 10.2 Å². The predicted molar refractivity (Wildman–Crippen MR) is 106 cm³/mol. The van der Waals surface area contributed by atoms with Gasteiger partial charge in [-0.2, -0.15) is 0 Å². The number of aromatic nitrogens is 3. The molecule has 2 aromatic rings. The quantitative estimate of drug-likeness (QED) is 0.808. The number of nitrogens with zero attached hydrogens (tertiary/aromatic N) is 4. The molecule has 0 radical (unpaired) electrons. The van der Waals surface area contributed by atoms with Crippen LogP contribution in [0.4, 0.5) is 0 Å². The molecule has 1 saturated heterocycles. The van der Waals surface area contributed by atoms with Gasteiger partial charge >= 0.3 is 0 Å². The average molecular weight is 419 g/mol. The zero-order valence-corrected chi connectivity index (χ0v) is 17.0. The lowest BCUT2D eigenvalue weighted by Crippen LogP contribution is -2.41. The van der Waals surface area contributed by atoms with E-state index in [4.69, 9.17) is 23.2 Å². The van der Waals surface area contributed by atoms with E-state index in [1.54, 1.807) is 22.9 Å². The van der Waals surface area contributed by atoms with Crippen molar-refractivity contribution in [1.29, 1.82) is 0 Å². The molecule has 1 amide bonds. The Bertz CT molecular complexity index is 760. The van der Waals surface area contributed by atoms with Crippen molar-refractivity contribution in [2.75, 3.05) is 20.1 Å². The van der Waals surface area contributed by atoms with Crippen molar-refractivity contribution in [2.45, 2.75) is 32.2 Å². The number of likely N-dealkylation sites (N-methyl/N-ethyl adjacent to an activating group) is 1. The third-order valence-corrected chi connectivity index (χ3v) is 5.02. The molecule has 1 aliphatic rings. The van der Waals surface area contributed by atoms with Crippen molar-refractivity contribution in [3.63, 3.8) is 0 Å². The number of nitrogens with one attached hydrogen (secondary N) is 1. The van der Waals surface area contributed by atoms with Crippen LogP contribution in [-0.2, 0) is 6.42 Å². The van der Waals surface area contributed by atoms with E-state index in [1.165, 1.54) is 0 Å². The summed E-state index contributed by atoms with van der Waals surface area (Å²) in [5.74, 6) is 0.702. The summed E-state index contributed by atoms with van der Waals surface area (Å²) in [6.45, 7) is 3.45. The van der Waals surface area contributed by atoms with Crippen LogP contribution in [-0.4, -0.2) is 51.8 Å². The van der Waals surface area contributed by atoms with Crippen LogP contribution in [0.3, 0.4) is 0 Å². The molecule has 1 aliphatic heterocycles. The molecule has 1 atom stereocenters. The number of para-hydroxylation sites is 1. The fourth-order valence-corrected chi connectivity index (χ4v) is 3.77. The molecule has 2 heterocycles. The number of rotatable bonds is 5. The molecule has 9 heteroatoms. The fraction of sp³-hybridized carbons (Fsp3) is 0.471. The van der Waals surface area contributed by atoms with E-state index in [-0.39, 0.29) is 30.2 Å². The Labute approximate surface area is 169 Å². The molecule has 3 rings (SSSR count). The number of likely N-dealkylation sites (tertiary alicyclic amines) is 1. The average Bonchev–Trinajstić information content (AvgIpc) is 3.21. The maximum absolute atomic E-state index is 12.9. The van der Waals surface area contributed by atoms with Crippen molar-refractivity contribution in [1.82, 2.24) is 25.0 Å². The second kappa shape index (κ2) is 9.04. The van der Waals surface area contributed by atoms with Crippen LogP contribution in [0.25, 0.3) is 5.69 Å². The Hall–Kier alpha value is -1.34. The van der Waals surface area contributed by atoms with Gasteiger partial charge in [-0.15, -0.1) is 17.5 Å². The van der Waals surface area contributed by atoms with Crippen LogP contribution in [0.5, 0.6) is 0 Å². The van der Waals surface area contributed by atoms with Gasteiger partial charge in [-0.05, 0) is 32.0 Å². The van der Waals surface area contributed by atoms with E-state index in [1.807, 2.05) is 18.9 Å². The van der Waals surface area contributed by atoms with Gasteiger partial charge in [0.1, 0.15) is 11.5 Å². The highest BCUT2D eigenvalue weighted by Crippen LogP contribution is 2.29. The molecule has 1 N–H and O–H groups in total. The summed E-state index contributed by atoms with van der Waals surface area (Å²) in [6.07, 6.45) is 2.60. The predicted octanol–water partition coefficient (Wildman–Crippen LogP) is 3.38. The van der Waals surface area contributed by atoms with Crippen LogP contribution in [0.15, 0.2) is 18.2 Å². The fourth-order valence-electron chi connectivity index (χ4n) is 3.21. The normalized spacial score (nSPS) is 16.6. The molecule has 1 unspecified atom stereocenters. The van der Waals surface area contributed by atoms with Gasteiger partial charge in [0, 0.05) is 25.6 Å². The van der Waals surface area contributed by atoms with Crippen LogP contribution < -0.4 is 5.32 Å². The van der Waals surface area contributed by atoms with Crippen molar-refractivity contribution in [2.24, 2.45) is 0 Å². The Balaban J connectivity index is 0.00000243. The van der Waals surface area contributed by atoms with Crippen LogP contribution in [0.1, 0.15) is 36.2 Å². The van der Waals surface area contributed by atoms with Gasteiger partial charge in [0.15, 0.2) is 0 Å². The van der Waals surface area contributed by atoms with Crippen molar-refractivity contribution in [3.05, 3.63) is 39.9 Å². The minimum absolute atomic E-state index is 0. The third kappa shape index (κ3) is 3.98. The van der Waals surface area contributed by atoms with Crippen LogP contribution >= 0.6 is 35.6 Å². The van der Waals surface area contributed by atoms with Crippen LogP contribution in [0.2, 0.25) is 10.0 Å². The highest BCUT2D eigenvalue weighted by atomic mass is 35.5. The summed E-state index contributed by atoms with van der Waals surface area (Å²) in [4.78, 5) is 19.2. The molecule has 6 nitrogen and oxygen atoms in total. The van der Waals surface area contributed by atoms with Gasteiger partial charge in [0.05, 0.1) is 10.0 Å². The molecule has 0 saturated carbocycles. The van der Waals surface area contributed by atoms with E-state index in [0.717, 1.165) is 25.9 Å². The monoisotopic (exact) mass is 417 g/mol. The summed E-state index contributed by atoms with van der Waals surface area (Å²) in [7, 11) is 1.89. The van der Waals surface area contributed by atoms with Gasteiger partial charge in [-0.1, -0.05) is 36.2 Å². The number of hydrogen-bond donors (Lipinski definition) is 1. The number of carbonyl (C=O) groups is 1. The summed E-state index contributed by atoms with van der Waals surface area (Å²) in [5, 5.41) is 8.52. The zero-order valence-electron chi connectivity index (χ0n) is 14.7. The van der Waals surface area contributed by atoms with Crippen LogP contribution in [0, 0.1) is 0 Å². The Morgan fingerprint density at radius 3 is 2.65 bits per heavy atom. The van der Waals surface area contributed by atoms with Gasteiger partial charge in [-0.25, -0.2) is 9.67 Å². The second-order valence-corrected chi connectivity index (χ2v) is 6.85. The Kier molecular flexibility index (Phi) is 7.29. The number of benzene rings is 1. The first-order valence-electron chi connectivity index (χ1n) is 8.42. The first-order chi connectivity index (χ1) is 12.1. The molecule has 142 valence electrons. The standard InChI is InChI=1S/C17H21Cl2N5O.ClH/c1-3-14-21-16(17(25)23-9-5-6-11(23)10-20-2)22-24(14)15-12(18)7-4-8-13(15)19;/h4,7-8,11,20H,3,5-6,9-10H2,1-2H3;1H. The molecule has 1 fully saturated rings. The number of halogens is 3. The van der Waals surface area contributed by atoms with Crippen molar-refractivity contribution in [3.8, 4) is 5.69 Å². The molecule has 0 bridgehead atoms. The SMILES string of the molecule is CCc1nc(C(=O)N2CCCC2CNC)nn1-c1c(Cl)cccc1Cl.Cl. The Morgan fingerprint density at radius 1 is 1.35 bits per heavy atom. The lowest BCUT2D eigenvalue weighted by atomic mass is 10.2. The minimum atomic E-state index is -0.144. The minimum Gasteiger partial charge on any atom is -0.332 e. The largest absolute Gasteiger partial charge is 0.332 e. The lowest BCUT2D eigenvalue weighted by molar-refractivity contribution is 0.0724. The number of hydrogen-bond acceptors (Lipinski definition) is 4. The maximum Gasteiger partial charge on any atom is 0.293 e. The highest BCUT2D eigenvalue weighted by molar-refractivity contribution is 6.37. The molecule has 1 aromatic carbocycles. The van der Waals surface area contributed by atoms with E-state index >= 15 is 0 Å². The van der Waals surface area contributed by atoms with Gasteiger partial charge in [0.2, 0.25) is 5.82 Å². The summed E-state index contributed by atoms with van der Waals surface area (Å²) in [5.41, 5.74) is 0.558. The molecule has 0 spiro atoms. The van der Waals surface area contributed by atoms with E-state index in [2.05, 4.69) is 15.4 Å². The van der Waals surface area contributed by atoms with Crippen molar-refractivity contribution < 1.29 is 4.79 Å². The molecule has 0 aliphatic carbocycles. The first kappa shape index (κ1) is 21.0.